The molecule has 6 heteroatoms. The van der Waals surface area contributed by atoms with Gasteiger partial charge in [-0.3, -0.25) is 0 Å². The molecular formula is C11H22ClNO3S. The molecule has 2 unspecified atom stereocenters. The molecule has 1 heterocycles. The third kappa shape index (κ3) is 6.60. The monoisotopic (exact) mass is 283 g/mol. The molecule has 0 radical (unpaired) electrons. The maximum absolute atomic E-state index is 11.7. The molecule has 0 saturated carbocycles. The number of ether oxygens (including phenoxy) is 1. The minimum absolute atomic E-state index is 0.0539. The molecule has 1 saturated heterocycles. The predicted molar refractivity (Wildman–Crippen MR) is 69.9 cm³/mol. The van der Waals surface area contributed by atoms with Crippen molar-refractivity contribution in [3.8, 4) is 0 Å². The smallest absolute Gasteiger partial charge is 0.214 e. The molecule has 1 aliphatic heterocycles. The van der Waals surface area contributed by atoms with Gasteiger partial charge in [0.15, 0.2) is 0 Å². The zero-order chi connectivity index (χ0) is 12.9. The molecule has 0 amide bonds. The molecule has 102 valence electrons. The van der Waals surface area contributed by atoms with Gasteiger partial charge in [-0.15, -0.1) is 11.6 Å². The lowest BCUT2D eigenvalue weighted by atomic mass is 10.1. The average molecular weight is 284 g/mol. The molecule has 0 aromatic rings. The fraction of sp³-hybridized carbons (Fsp3) is 1.00. The van der Waals surface area contributed by atoms with Crippen molar-refractivity contribution in [1.29, 1.82) is 0 Å². The lowest BCUT2D eigenvalue weighted by Crippen LogP contribution is -2.35. The van der Waals surface area contributed by atoms with Gasteiger partial charge >= 0.3 is 0 Å². The summed E-state index contributed by atoms with van der Waals surface area (Å²) < 4.78 is 31.3. The van der Waals surface area contributed by atoms with Crippen LogP contribution in [-0.4, -0.2) is 38.8 Å². The zero-order valence-electron chi connectivity index (χ0n) is 10.5. The average Bonchev–Trinajstić information content (AvgIpc) is 2.66. The van der Waals surface area contributed by atoms with E-state index in [1.54, 1.807) is 0 Å². The van der Waals surface area contributed by atoms with Gasteiger partial charge in [-0.2, -0.15) is 0 Å². The molecule has 0 aromatic heterocycles. The second kappa shape index (κ2) is 6.92. The van der Waals surface area contributed by atoms with Crippen LogP contribution in [0.3, 0.4) is 0 Å². The van der Waals surface area contributed by atoms with E-state index < -0.39 is 10.0 Å². The van der Waals surface area contributed by atoms with Crippen molar-refractivity contribution in [2.45, 2.75) is 44.6 Å². The Labute approximate surface area is 109 Å². The summed E-state index contributed by atoms with van der Waals surface area (Å²) in [6.45, 7) is 5.10. The SMILES string of the molecule is CC(C)CC(Cl)CNS(=O)(=O)CC1CCCO1. The lowest BCUT2D eigenvalue weighted by Gasteiger charge is -2.15. The number of nitrogens with one attached hydrogen (secondary N) is 1. The number of rotatable bonds is 7. The fourth-order valence-corrected chi connectivity index (χ4v) is 3.74. The minimum atomic E-state index is -3.26. The molecule has 2 atom stereocenters. The minimum Gasteiger partial charge on any atom is -0.377 e. The van der Waals surface area contributed by atoms with Gasteiger partial charge in [-0.25, -0.2) is 13.1 Å². The maximum atomic E-state index is 11.7. The van der Waals surface area contributed by atoms with Crippen molar-refractivity contribution in [2.75, 3.05) is 18.9 Å². The van der Waals surface area contributed by atoms with Crippen molar-refractivity contribution in [2.24, 2.45) is 5.92 Å². The Kier molecular flexibility index (Phi) is 6.20. The number of sulfonamides is 1. The van der Waals surface area contributed by atoms with Crippen LogP contribution in [0.4, 0.5) is 0 Å². The molecule has 0 spiro atoms. The summed E-state index contributed by atoms with van der Waals surface area (Å²) in [5.74, 6) is 0.526. The first-order valence-corrected chi connectivity index (χ1v) is 8.21. The second-order valence-corrected chi connectivity index (χ2v) is 7.46. The van der Waals surface area contributed by atoms with Gasteiger partial charge in [0, 0.05) is 18.5 Å². The van der Waals surface area contributed by atoms with E-state index in [4.69, 9.17) is 16.3 Å². The highest BCUT2D eigenvalue weighted by molar-refractivity contribution is 7.89. The van der Waals surface area contributed by atoms with Crippen LogP contribution in [0.15, 0.2) is 0 Å². The summed E-state index contributed by atoms with van der Waals surface area (Å²) in [5, 5.41) is -0.144. The summed E-state index contributed by atoms with van der Waals surface area (Å²) in [4.78, 5) is 0. The molecular weight excluding hydrogens is 262 g/mol. The summed E-state index contributed by atoms with van der Waals surface area (Å²) in [6.07, 6.45) is 2.44. The van der Waals surface area contributed by atoms with E-state index in [2.05, 4.69) is 18.6 Å². The first-order chi connectivity index (χ1) is 7.89. The van der Waals surface area contributed by atoms with E-state index in [0.717, 1.165) is 19.3 Å². The molecule has 1 aliphatic rings. The van der Waals surface area contributed by atoms with E-state index in [0.29, 0.717) is 19.1 Å². The van der Waals surface area contributed by atoms with Gasteiger partial charge < -0.3 is 4.74 Å². The Hall–Kier alpha value is 0.160. The van der Waals surface area contributed by atoms with Crippen LogP contribution in [0.25, 0.3) is 0 Å². The van der Waals surface area contributed by atoms with Crippen molar-refractivity contribution >= 4 is 21.6 Å². The second-order valence-electron chi connectivity index (χ2n) is 4.99. The van der Waals surface area contributed by atoms with Crippen LogP contribution in [-0.2, 0) is 14.8 Å². The van der Waals surface area contributed by atoms with E-state index in [-0.39, 0.29) is 17.2 Å². The Morgan fingerprint density at radius 1 is 1.47 bits per heavy atom. The highest BCUT2D eigenvalue weighted by Gasteiger charge is 2.23. The summed E-state index contributed by atoms with van der Waals surface area (Å²) in [5.41, 5.74) is 0. The Balaban J connectivity index is 2.28. The van der Waals surface area contributed by atoms with Crippen LogP contribution < -0.4 is 4.72 Å². The van der Waals surface area contributed by atoms with Gasteiger partial charge in [0.25, 0.3) is 0 Å². The zero-order valence-corrected chi connectivity index (χ0v) is 12.1. The molecule has 17 heavy (non-hydrogen) atoms. The van der Waals surface area contributed by atoms with Crippen LogP contribution >= 0.6 is 11.6 Å². The van der Waals surface area contributed by atoms with Crippen LogP contribution in [0.5, 0.6) is 0 Å². The summed E-state index contributed by atoms with van der Waals surface area (Å²) in [7, 11) is -3.26. The quantitative estimate of drug-likeness (QED) is 0.724. The molecule has 4 nitrogen and oxygen atoms in total. The highest BCUT2D eigenvalue weighted by atomic mass is 35.5. The van der Waals surface area contributed by atoms with E-state index in [9.17, 15) is 8.42 Å². The number of hydrogen-bond acceptors (Lipinski definition) is 3. The summed E-state index contributed by atoms with van der Waals surface area (Å²) >= 11 is 6.04. The normalized spacial score (nSPS) is 23.2. The van der Waals surface area contributed by atoms with Gasteiger partial charge in [-0.1, -0.05) is 13.8 Å². The highest BCUT2D eigenvalue weighted by Crippen LogP contribution is 2.14. The van der Waals surface area contributed by atoms with Gasteiger partial charge in [-0.05, 0) is 25.2 Å². The fourth-order valence-electron chi connectivity index (χ4n) is 1.89. The van der Waals surface area contributed by atoms with Crippen LogP contribution in [0.2, 0.25) is 0 Å². The maximum Gasteiger partial charge on any atom is 0.214 e. The standard InChI is InChI=1S/C11H22ClNO3S/c1-9(2)6-10(12)7-13-17(14,15)8-11-4-3-5-16-11/h9-11,13H,3-8H2,1-2H3. The number of hydrogen-bond donors (Lipinski definition) is 1. The van der Waals surface area contributed by atoms with Gasteiger partial charge in [0.05, 0.1) is 11.9 Å². The first kappa shape index (κ1) is 15.2. The largest absolute Gasteiger partial charge is 0.377 e. The lowest BCUT2D eigenvalue weighted by molar-refractivity contribution is 0.127. The first-order valence-electron chi connectivity index (χ1n) is 6.12. The predicted octanol–water partition coefficient (Wildman–Crippen LogP) is 1.74. The molecule has 0 aliphatic carbocycles. The van der Waals surface area contributed by atoms with Crippen LogP contribution in [0.1, 0.15) is 33.1 Å². The third-order valence-electron chi connectivity index (χ3n) is 2.68. The topological polar surface area (TPSA) is 55.4 Å². The van der Waals surface area contributed by atoms with E-state index in [1.165, 1.54) is 0 Å². The molecule has 1 rings (SSSR count). The van der Waals surface area contributed by atoms with Crippen molar-refractivity contribution in [3.63, 3.8) is 0 Å². The van der Waals surface area contributed by atoms with Crippen molar-refractivity contribution < 1.29 is 13.2 Å². The Morgan fingerprint density at radius 2 is 2.18 bits per heavy atom. The number of halogens is 1. The van der Waals surface area contributed by atoms with Crippen molar-refractivity contribution in [1.82, 2.24) is 4.72 Å². The van der Waals surface area contributed by atoms with Crippen molar-refractivity contribution in [3.05, 3.63) is 0 Å². The molecule has 1 fully saturated rings. The van der Waals surface area contributed by atoms with E-state index >= 15 is 0 Å². The Morgan fingerprint density at radius 3 is 2.71 bits per heavy atom. The van der Waals surface area contributed by atoms with E-state index in [1.807, 2.05) is 0 Å². The molecule has 1 N–H and O–H groups in total. The third-order valence-corrected chi connectivity index (χ3v) is 4.43. The summed E-state index contributed by atoms with van der Waals surface area (Å²) in [6, 6.07) is 0. The Bertz CT molecular complexity index is 313. The van der Waals surface area contributed by atoms with Crippen LogP contribution in [0, 0.1) is 5.92 Å². The van der Waals surface area contributed by atoms with Gasteiger partial charge in [0.1, 0.15) is 0 Å². The molecule has 0 aromatic carbocycles. The molecule has 0 bridgehead atoms. The number of alkyl halides is 1. The van der Waals surface area contributed by atoms with Gasteiger partial charge in [0.2, 0.25) is 10.0 Å².